The lowest BCUT2D eigenvalue weighted by Crippen LogP contribution is -2.49. The fourth-order valence-corrected chi connectivity index (χ4v) is 1.11. The Bertz CT molecular complexity index is 75.4. The second-order valence-corrected chi connectivity index (χ2v) is 2.73. The van der Waals surface area contributed by atoms with Crippen LogP contribution in [-0.4, -0.2) is 25.4 Å². The average molecular weight is 159 g/mol. The molecule has 11 heavy (non-hydrogen) atoms. The Morgan fingerprint density at radius 3 is 1.55 bits per heavy atom. The number of hydrogen-bond donors (Lipinski definition) is 3. The maximum atomic E-state index is 3.36. The van der Waals surface area contributed by atoms with Crippen LogP contribution in [0, 0.1) is 0 Å². The zero-order valence-corrected chi connectivity index (χ0v) is 8.07. The maximum Gasteiger partial charge on any atom is 0.0554 e. The van der Waals surface area contributed by atoms with Gasteiger partial charge in [-0.05, 0) is 26.9 Å². The molecule has 0 spiro atoms. The molecule has 2 atom stereocenters. The summed E-state index contributed by atoms with van der Waals surface area (Å²) in [7, 11) is 0. The molecule has 0 amide bonds. The van der Waals surface area contributed by atoms with Crippen molar-refractivity contribution >= 4 is 0 Å². The topological polar surface area (TPSA) is 36.1 Å². The van der Waals surface area contributed by atoms with Crippen molar-refractivity contribution in [2.75, 3.05) is 13.1 Å². The van der Waals surface area contributed by atoms with Gasteiger partial charge in [0.2, 0.25) is 0 Å². The summed E-state index contributed by atoms with van der Waals surface area (Å²) in [5.41, 5.74) is 0. The van der Waals surface area contributed by atoms with Crippen molar-refractivity contribution in [2.45, 2.75) is 40.0 Å². The van der Waals surface area contributed by atoms with Gasteiger partial charge in [-0.2, -0.15) is 0 Å². The molecule has 0 rings (SSSR count). The highest BCUT2D eigenvalue weighted by atomic mass is 15.2. The first-order valence-electron chi connectivity index (χ1n) is 4.43. The van der Waals surface area contributed by atoms with E-state index in [1.165, 1.54) is 0 Å². The highest BCUT2D eigenvalue weighted by molar-refractivity contribution is 4.62. The molecule has 0 aliphatic rings. The highest BCUT2D eigenvalue weighted by Crippen LogP contribution is 1.79. The Hall–Kier alpha value is -0.120. The van der Waals surface area contributed by atoms with Gasteiger partial charge in [-0.15, -0.1) is 0 Å². The fourth-order valence-electron chi connectivity index (χ4n) is 1.11. The van der Waals surface area contributed by atoms with Crippen LogP contribution in [0.3, 0.4) is 0 Å². The number of nitrogens with one attached hydrogen (secondary N) is 3. The predicted octanol–water partition coefficient (Wildman–Crippen LogP) is 0.487. The molecule has 0 aliphatic carbocycles. The van der Waals surface area contributed by atoms with Crippen molar-refractivity contribution in [3.63, 3.8) is 0 Å². The van der Waals surface area contributed by atoms with Crippen molar-refractivity contribution in [3.05, 3.63) is 0 Å². The fraction of sp³-hybridized carbons (Fsp3) is 1.00. The van der Waals surface area contributed by atoms with E-state index >= 15 is 0 Å². The molecular weight excluding hydrogens is 138 g/mol. The molecule has 2 unspecified atom stereocenters. The molecule has 0 aliphatic heterocycles. The number of hydrogen-bond acceptors (Lipinski definition) is 3. The normalized spacial score (nSPS) is 16.4. The Balaban J connectivity index is 3.32. The lowest BCUT2D eigenvalue weighted by Gasteiger charge is -2.20. The van der Waals surface area contributed by atoms with Crippen molar-refractivity contribution < 1.29 is 0 Å². The first-order chi connectivity index (χ1) is 5.20. The Kier molecular flexibility index (Phi) is 6.51. The zero-order chi connectivity index (χ0) is 8.69. The highest BCUT2D eigenvalue weighted by Gasteiger charge is 2.02. The van der Waals surface area contributed by atoms with E-state index in [1.54, 1.807) is 0 Å². The smallest absolute Gasteiger partial charge is 0.0554 e. The van der Waals surface area contributed by atoms with Crippen molar-refractivity contribution in [3.8, 4) is 0 Å². The van der Waals surface area contributed by atoms with E-state index in [0.29, 0.717) is 12.3 Å². The minimum atomic E-state index is 0.383. The van der Waals surface area contributed by atoms with Crippen LogP contribution in [0.5, 0.6) is 0 Å². The molecule has 0 aromatic carbocycles. The summed E-state index contributed by atoms with van der Waals surface area (Å²) in [6.45, 7) is 10.5. The summed E-state index contributed by atoms with van der Waals surface area (Å²) >= 11 is 0. The molecule has 0 radical (unpaired) electrons. The summed E-state index contributed by atoms with van der Waals surface area (Å²) in [6.07, 6.45) is 0.767. The first-order valence-corrected chi connectivity index (χ1v) is 4.43. The van der Waals surface area contributed by atoms with Crippen LogP contribution >= 0.6 is 0 Å². The second kappa shape index (κ2) is 6.58. The maximum absolute atomic E-state index is 3.36. The Morgan fingerprint density at radius 2 is 1.27 bits per heavy atom. The van der Waals surface area contributed by atoms with Crippen molar-refractivity contribution in [1.29, 1.82) is 0 Å². The average Bonchev–Trinajstić information content (AvgIpc) is 1.87. The van der Waals surface area contributed by atoms with Gasteiger partial charge in [-0.25, -0.2) is 0 Å². The van der Waals surface area contributed by atoms with Gasteiger partial charge < -0.3 is 10.6 Å². The van der Waals surface area contributed by atoms with Crippen LogP contribution in [0.15, 0.2) is 0 Å². The van der Waals surface area contributed by atoms with Gasteiger partial charge in [0, 0.05) is 0 Å². The molecule has 0 aromatic heterocycles. The third-order valence-corrected chi connectivity index (χ3v) is 1.52. The Labute approximate surface area is 69.9 Å². The van der Waals surface area contributed by atoms with Crippen LogP contribution in [0.1, 0.15) is 27.7 Å². The van der Waals surface area contributed by atoms with E-state index < -0.39 is 0 Å². The van der Waals surface area contributed by atoms with Crippen LogP contribution < -0.4 is 16.0 Å². The standard InChI is InChI=1S/C8H21N3/c1-5-9-7(3)11-8(4)10-6-2/h7-11H,5-6H2,1-4H3. The molecular formula is C8H21N3. The molecule has 0 heterocycles. The summed E-state index contributed by atoms with van der Waals surface area (Å²) < 4.78 is 0. The molecule has 68 valence electrons. The monoisotopic (exact) mass is 159 g/mol. The van der Waals surface area contributed by atoms with Crippen molar-refractivity contribution in [2.24, 2.45) is 0 Å². The van der Waals surface area contributed by atoms with Gasteiger partial charge in [0.1, 0.15) is 0 Å². The van der Waals surface area contributed by atoms with E-state index in [2.05, 4.69) is 43.6 Å². The molecule has 0 fully saturated rings. The van der Waals surface area contributed by atoms with E-state index in [-0.39, 0.29) is 0 Å². The minimum absolute atomic E-state index is 0.383. The first kappa shape index (κ1) is 10.9. The lowest BCUT2D eigenvalue weighted by atomic mass is 10.4. The quantitative estimate of drug-likeness (QED) is 0.494. The predicted molar refractivity (Wildman–Crippen MR) is 49.4 cm³/mol. The van der Waals surface area contributed by atoms with E-state index in [9.17, 15) is 0 Å². The van der Waals surface area contributed by atoms with E-state index in [4.69, 9.17) is 0 Å². The van der Waals surface area contributed by atoms with Gasteiger partial charge in [-0.1, -0.05) is 13.8 Å². The lowest BCUT2D eigenvalue weighted by molar-refractivity contribution is 0.372. The SMILES string of the molecule is CCNC(C)NC(C)NCC. The third-order valence-electron chi connectivity index (χ3n) is 1.52. The molecule has 0 bridgehead atoms. The minimum Gasteiger partial charge on any atom is -0.302 e. The van der Waals surface area contributed by atoms with Gasteiger partial charge in [0.05, 0.1) is 12.3 Å². The molecule has 3 N–H and O–H groups in total. The molecule has 0 saturated heterocycles. The van der Waals surface area contributed by atoms with Gasteiger partial charge >= 0.3 is 0 Å². The zero-order valence-electron chi connectivity index (χ0n) is 8.07. The summed E-state index contributed by atoms with van der Waals surface area (Å²) in [5, 5.41) is 9.93. The summed E-state index contributed by atoms with van der Waals surface area (Å²) in [5.74, 6) is 0. The van der Waals surface area contributed by atoms with Crippen LogP contribution in [0.4, 0.5) is 0 Å². The number of rotatable bonds is 6. The van der Waals surface area contributed by atoms with E-state index in [1.807, 2.05) is 0 Å². The van der Waals surface area contributed by atoms with Gasteiger partial charge in [0.25, 0.3) is 0 Å². The van der Waals surface area contributed by atoms with Gasteiger partial charge in [-0.3, -0.25) is 5.32 Å². The summed E-state index contributed by atoms with van der Waals surface area (Å²) in [6, 6.07) is 0. The van der Waals surface area contributed by atoms with Gasteiger partial charge in [0.15, 0.2) is 0 Å². The summed E-state index contributed by atoms with van der Waals surface area (Å²) in [4.78, 5) is 0. The largest absolute Gasteiger partial charge is 0.302 e. The van der Waals surface area contributed by atoms with Crippen LogP contribution in [-0.2, 0) is 0 Å². The van der Waals surface area contributed by atoms with Crippen LogP contribution in [0.2, 0.25) is 0 Å². The second-order valence-electron chi connectivity index (χ2n) is 2.73. The Morgan fingerprint density at radius 1 is 0.909 bits per heavy atom. The molecule has 3 nitrogen and oxygen atoms in total. The van der Waals surface area contributed by atoms with E-state index in [0.717, 1.165) is 13.1 Å². The van der Waals surface area contributed by atoms with Crippen LogP contribution in [0.25, 0.3) is 0 Å². The third kappa shape index (κ3) is 6.28. The molecule has 0 aromatic rings. The molecule has 0 saturated carbocycles. The molecule has 3 heteroatoms. The van der Waals surface area contributed by atoms with Crippen molar-refractivity contribution in [1.82, 2.24) is 16.0 Å².